The first-order chi connectivity index (χ1) is 17.8. The Balaban J connectivity index is 1.50. The second-order valence-electron chi connectivity index (χ2n) is 8.28. The van der Waals surface area contributed by atoms with Crippen LogP contribution in [0, 0.1) is 6.92 Å². The lowest BCUT2D eigenvalue weighted by Crippen LogP contribution is -2.19. The van der Waals surface area contributed by atoms with Crippen molar-refractivity contribution in [3.8, 4) is 5.75 Å². The summed E-state index contributed by atoms with van der Waals surface area (Å²) in [6, 6.07) is 27.6. The van der Waals surface area contributed by atoms with Crippen LogP contribution < -0.4 is 10.6 Å². The van der Waals surface area contributed by atoms with E-state index in [9.17, 15) is 24.6 Å². The molecule has 7 nitrogen and oxygen atoms in total. The van der Waals surface area contributed by atoms with E-state index in [2.05, 4.69) is 10.6 Å². The van der Waals surface area contributed by atoms with E-state index >= 15 is 0 Å². The number of aryl methyl sites for hydroxylation is 1. The summed E-state index contributed by atoms with van der Waals surface area (Å²) < 4.78 is 0. The molecule has 0 saturated heterocycles. The number of carboxylic acids is 1. The number of aromatic carboxylic acids is 1. The van der Waals surface area contributed by atoms with Crippen LogP contribution in [0.4, 0.5) is 11.4 Å². The fraction of sp³-hybridized carbons (Fsp3) is 0.0690. The van der Waals surface area contributed by atoms with Crippen LogP contribution in [0.2, 0.25) is 0 Å². The molecule has 0 radical (unpaired) electrons. The van der Waals surface area contributed by atoms with E-state index in [1.165, 1.54) is 30.0 Å². The fourth-order valence-corrected chi connectivity index (χ4v) is 4.58. The van der Waals surface area contributed by atoms with Crippen LogP contribution >= 0.6 is 11.8 Å². The van der Waals surface area contributed by atoms with Crippen LogP contribution in [0.5, 0.6) is 5.75 Å². The first kappa shape index (κ1) is 25.5. The van der Waals surface area contributed by atoms with E-state index in [1.54, 1.807) is 24.3 Å². The third kappa shape index (κ3) is 6.56. The molecule has 0 saturated carbocycles. The zero-order valence-electron chi connectivity index (χ0n) is 19.8. The van der Waals surface area contributed by atoms with E-state index < -0.39 is 11.2 Å². The molecular weight excluding hydrogens is 488 g/mol. The Bertz CT molecular complexity index is 1420. The average Bonchev–Trinajstić information content (AvgIpc) is 2.90. The number of phenols is 1. The number of benzene rings is 4. The smallest absolute Gasteiger partial charge is 0.339 e. The summed E-state index contributed by atoms with van der Waals surface area (Å²) in [5, 5.41) is 24.0. The normalized spacial score (nSPS) is 11.4. The topological polar surface area (TPSA) is 116 Å². The number of hydrogen-bond acceptors (Lipinski definition) is 5. The monoisotopic (exact) mass is 512 g/mol. The molecule has 8 heteroatoms. The molecule has 0 aliphatic rings. The first-order valence-electron chi connectivity index (χ1n) is 11.4. The van der Waals surface area contributed by atoms with Crippen molar-refractivity contribution in [1.82, 2.24) is 0 Å². The van der Waals surface area contributed by atoms with Crippen molar-refractivity contribution in [2.75, 3.05) is 10.6 Å². The van der Waals surface area contributed by atoms with Gasteiger partial charge in [-0.3, -0.25) is 9.59 Å². The third-order valence-corrected chi connectivity index (χ3v) is 6.78. The predicted octanol–water partition coefficient (Wildman–Crippen LogP) is 6.12. The third-order valence-electron chi connectivity index (χ3n) is 5.51. The van der Waals surface area contributed by atoms with Gasteiger partial charge < -0.3 is 20.8 Å². The molecule has 0 heterocycles. The van der Waals surface area contributed by atoms with Gasteiger partial charge in [0.15, 0.2) is 0 Å². The summed E-state index contributed by atoms with van der Waals surface area (Å²) in [7, 11) is 0. The minimum absolute atomic E-state index is 0.212. The van der Waals surface area contributed by atoms with Gasteiger partial charge in [0.1, 0.15) is 16.6 Å². The minimum Gasteiger partial charge on any atom is -0.507 e. The molecular formula is C29H24N2O5S. The first-order valence-corrected chi connectivity index (χ1v) is 12.2. The summed E-state index contributed by atoms with van der Waals surface area (Å²) in [6.45, 7) is 1.96. The van der Waals surface area contributed by atoms with Crippen molar-refractivity contribution in [1.29, 1.82) is 0 Å². The zero-order valence-corrected chi connectivity index (χ0v) is 20.7. The highest BCUT2D eigenvalue weighted by atomic mass is 32.2. The Morgan fingerprint density at radius 2 is 1.43 bits per heavy atom. The number of nitrogens with one attached hydrogen (secondary N) is 2. The maximum atomic E-state index is 13.3. The zero-order chi connectivity index (χ0) is 26.4. The van der Waals surface area contributed by atoms with E-state index in [0.717, 1.165) is 16.0 Å². The van der Waals surface area contributed by atoms with E-state index in [0.29, 0.717) is 11.3 Å². The molecule has 4 aromatic carbocycles. The molecule has 1 unspecified atom stereocenters. The number of carboxylic acid groups (broad SMARTS) is 1. The molecule has 0 aliphatic heterocycles. The Hall–Kier alpha value is -4.56. The van der Waals surface area contributed by atoms with Crippen molar-refractivity contribution in [2.45, 2.75) is 17.1 Å². The van der Waals surface area contributed by atoms with Gasteiger partial charge in [-0.05, 0) is 67.1 Å². The summed E-state index contributed by atoms with van der Waals surface area (Å²) in [5.41, 5.74) is 2.98. The van der Waals surface area contributed by atoms with Crippen molar-refractivity contribution in [3.05, 3.63) is 119 Å². The summed E-state index contributed by atoms with van der Waals surface area (Å²) in [4.78, 5) is 37.9. The van der Waals surface area contributed by atoms with Crippen molar-refractivity contribution in [3.63, 3.8) is 0 Å². The molecule has 0 spiro atoms. The lowest BCUT2D eigenvalue weighted by molar-refractivity contribution is -0.115. The molecule has 4 rings (SSSR count). The second-order valence-corrected chi connectivity index (χ2v) is 9.46. The number of aromatic hydroxyl groups is 1. The minimum atomic E-state index is -1.29. The molecule has 0 fully saturated rings. The number of carbonyl (C=O) groups excluding carboxylic acids is 2. The summed E-state index contributed by atoms with van der Waals surface area (Å²) >= 11 is 1.32. The van der Waals surface area contributed by atoms with Gasteiger partial charge in [-0.25, -0.2) is 4.79 Å². The van der Waals surface area contributed by atoms with Gasteiger partial charge in [0.2, 0.25) is 5.91 Å². The van der Waals surface area contributed by atoms with Crippen LogP contribution in [0.15, 0.2) is 102 Å². The van der Waals surface area contributed by atoms with Gasteiger partial charge in [-0.2, -0.15) is 0 Å². The Kier molecular flexibility index (Phi) is 7.90. The average molecular weight is 513 g/mol. The fourth-order valence-electron chi connectivity index (χ4n) is 3.55. The highest BCUT2D eigenvalue weighted by Crippen LogP contribution is 2.37. The maximum absolute atomic E-state index is 13.3. The number of hydrogen-bond donors (Lipinski definition) is 4. The summed E-state index contributed by atoms with van der Waals surface area (Å²) in [5.74, 6) is -2.24. The van der Waals surface area contributed by atoms with Crippen LogP contribution in [0.25, 0.3) is 0 Å². The van der Waals surface area contributed by atoms with Crippen molar-refractivity contribution < 1.29 is 24.6 Å². The van der Waals surface area contributed by atoms with Gasteiger partial charge in [0.25, 0.3) is 5.91 Å². The molecule has 37 heavy (non-hydrogen) atoms. The highest BCUT2D eigenvalue weighted by Gasteiger charge is 2.23. The van der Waals surface area contributed by atoms with Gasteiger partial charge in [-0.1, -0.05) is 48.0 Å². The maximum Gasteiger partial charge on any atom is 0.339 e. The van der Waals surface area contributed by atoms with Crippen LogP contribution in [0.1, 0.15) is 37.1 Å². The van der Waals surface area contributed by atoms with Gasteiger partial charge in [-0.15, -0.1) is 11.8 Å². The molecule has 0 aromatic heterocycles. The molecule has 0 aliphatic carbocycles. The van der Waals surface area contributed by atoms with Gasteiger partial charge in [0.05, 0.1) is 0 Å². The number of rotatable bonds is 8. The van der Waals surface area contributed by atoms with E-state index in [-0.39, 0.29) is 28.8 Å². The molecule has 1 atom stereocenters. The summed E-state index contributed by atoms with van der Waals surface area (Å²) in [6.07, 6.45) is 0. The Morgan fingerprint density at radius 1 is 0.784 bits per heavy atom. The lowest BCUT2D eigenvalue weighted by Gasteiger charge is -2.18. The van der Waals surface area contributed by atoms with Crippen LogP contribution in [-0.2, 0) is 4.79 Å². The SMILES string of the molecule is Cc1ccc(C(=O)Nc2ccc(SC(C(=O)Nc3ccc(O)c(C(=O)O)c3)c3ccccc3)cc2)cc1. The second kappa shape index (κ2) is 11.5. The van der Waals surface area contributed by atoms with E-state index in [4.69, 9.17) is 0 Å². The molecule has 186 valence electrons. The van der Waals surface area contributed by atoms with Gasteiger partial charge in [0, 0.05) is 21.8 Å². The Morgan fingerprint density at radius 3 is 2.08 bits per heavy atom. The largest absolute Gasteiger partial charge is 0.507 e. The van der Waals surface area contributed by atoms with E-state index in [1.807, 2.05) is 61.5 Å². The number of anilines is 2. The molecule has 2 amide bonds. The standard InChI is InChI=1S/C29H24N2O5S/c1-18-7-9-20(10-8-18)27(33)30-21-11-14-23(15-12-21)37-26(19-5-3-2-4-6-19)28(34)31-22-13-16-25(32)24(17-22)29(35)36/h2-17,26,32H,1H3,(H,30,33)(H,31,34)(H,35,36). The number of carbonyl (C=O) groups is 3. The Labute approximate surface area is 218 Å². The quantitative estimate of drug-likeness (QED) is 0.167. The highest BCUT2D eigenvalue weighted by molar-refractivity contribution is 8.00. The van der Waals surface area contributed by atoms with Crippen molar-refractivity contribution >= 4 is 40.9 Å². The van der Waals surface area contributed by atoms with Gasteiger partial charge >= 0.3 is 5.97 Å². The van der Waals surface area contributed by atoms with Crippen LogP contribution in [0.3, 0.4) is 0 Å². The van der Waals surface area contributed by atoms with Crippen molar-refractivity contribution in [2.24, 2.45) is 0 Å². The number of amides is 2. The number of thioether (sulfide) groups is 1. The molecule has 4 aromatic rings. The predicted molar refractivity (Wildman–Crippen MR) is 144 cm³/mol. The molecule has 0 bridgehead atoms. The lowest BCUT2D eigenvalue weighted by atomic mass is 10.1. The van der Waals surface area contributed by atoms with Crippen LogP contribution in [-0.4, -0.2) is 28.0 Å². The molecule has 4 N–H and O–H groups in total.